The van der Waals surface area contributed by atoms with Crippen molar-refractivity contribution >= 4 is 5.91 Å². The van der Waals surface area contributed by atoms with Crippen LogP contribution in [-0.2, 0) is 22.0 Å². The van der Waals surface area contributed by atoms with E-state index < -0.39 is 5.41 Å². The Morgan fingerprint density at radius 1 is 1.24 bits per heavy atom. The lowest BCUT2D eigenvalue weighted by molar-refractivity contribution is -0.131. The Hall–Kier alpha value is -2.14. The summed E-state index contributed by atoms with van der Waals surface area (Å²) < 4.78 is 7.40. The smallest absolute Gasteiger partial charge is 0.231 e. The molecule has 2 aromatic rings. The molecule has 0 spiro atoms. The van der Waals surface area contributed by atoms with Crippen LogP contribution in [0.25, 0.3) is 0 Å². The average Bonchev–Trinajstić information content (AvgIpc) is 2.88. The van der Waals surface area contributed by atoms with Gasteiger partial charge in [0.15, 0.2) is 0 Å². The predicted octanol–water partition coefficient (Wildman–Crippen LogP) is 2.96. The van der Waals surface area contributed by atoms with Gasteiger partial charge < -0.3 is 10.1 Å². The van der Waals surface area contributed by atoms with Crippen LogP contribution >= 0.6 is 0 Å². The molecule has 1 aromatic heterocycles. The van der Waals surface area contributed by atoms with Crippen molar-refractivity contribution in [3.05, 3.63) is 52.8 Å². The van der Waals surface area contributed by atoms with Crippen molar-refractivity contribution in [2.45, 2.75) is 45.1 Å². The van der Waals surface area contributed by atoms with Gasteiger partial charge in [0.2, 0.25) is 5.91 Å². The molecule has 5 heteroatoms. The SMILES string of the molecule is Cc1nn(C)c(C)c1C(C)NC(=O)C1(c2ccccc2)CCOCC1. The molecule has 0 radical (unpaired) electrons. The van der Waals surface area contributed by atoms with Crippen LogP contribution in [-0.4, -0.2) is 28.9 Å². The van der Waals surface area contributed by atoms with E-state index in [1.165, 1.54) is 0 Å². The monoisotopic (exact) mass is 341 g/mol. The van der Waals surface area contributed by atoms with Crippen molar-refractivity contribution < 1.29 is 9.53 Å². The molecule has 0 saturated carbocycles. The molecule has 1 saturated heterocycles. The van der Waals surface area contributed by atoms with Gasteiger partial charge in [0.25, 0.3) is 0 Å². The highest BCUT2D eigenvalue weighted by molar-refractivity contribution is 5.88. The average molecular weight is 341 g/mol. The summed E-state index contributed by atoms with van der Waals surface area (Å²) in [7, 11) is 1.93. The number of hydrogen-bond donors (Lipinski definition) is 1. The second-order valence-electron chi connectivity index (χ2n) is 6.96. The number of hydrogen-bond acceptors (Lipinski definition) is 3. The van der Waals surface area contributed by atoms with Gasteiger partial charge in [-0.25, -0.2) is 0 Å². The van der Waals surface area contributed by atoms with E-state index in [0.717, 1.165) is 22.5 Å². The highest BCUT2D eigenvalue weighted by Gasteiger charge is 2.42. The van der Waals surface area contributed by atoms with Crippen LogP contribution in [0.3, 0.4) is 0 Å². The molecule has 1 N–H and O–H groups in total. The molecular formula is C20H27N3O2. The van der Waals surface area contributed by atoms with Gasteiger partial charge in [0, 0.05) is 31.5 Å². The standard InChI is InChI=1S/C20H27N3O2/c1-14(18-15(2)22-23(4)16(18)3)21-19(24)20(10-12-25-13-11-20)17-8-6-5-7-9-17/h5-9,14H,10-13H2,1-4H3,(H,21,24). The number of amides is 1. The number of carbonyl (C=O) groups is 1. The largest absolute Gasteiger partial charge is 0.381 e. The van der Waals surface area contributed by atoms with Gasteiger partial charge in [-0.05, 0) is 39.2 Å². The van der Waals surface area contributed by atoms with Gasteiger partial charge >= 0.3 is 0 Å². The summed E-state index contributed by atoms with van der Waals surface area (Å²) in [5.74, 6) is 0.0807. The number of nitrogens with one attached hydrogen (secondary N) is 1. The minimum Gasteiger partial charge on any atom is -0.381 e. The second kappa shape index (κ2) is 7.00. The number of rotatable bonds is 4. The van der Waals surface area contributed by atoms with E-state index in [4.69, 9.17) is 4.74 Å². The first-order chi connectivity index (χ1) is 12.0. The summed E-state index contributed by atoms with van der Waals surface area (Å²) in [5, 5.41) is 7.72. The van der Waals surface area contributed by atoms with Crippen LogP contribution in [0.5, 0.6) is 0 Å². The van der Waals surface area contributed by atoms with Crippen LogP contribution < -0.4 is 5.32 Å². The molecule has 1 unspecified atom stereocenters. The molecule has 1 aliphatic rings. The Morgan fingerprint density at radius 3 is 2.44 bits per heavy atom. The van der Waals surface area contributed by atoms with Crippen molar-refractivity contribution in [2.24, 2.45) is 7.05 Å². The maximum atomic E-state index is 13.3. The first-order valence-electron chi connectivity index (χ1n) is 8.90. The summed E-state index contributed by atoms with van der Waals surface area (Å²) in [5.41, 5.74) is 3.71. The Labute approximate surface area is 149 Å². The van der Waals surface area contributed by atoms with Crippen molar-refractivity contribution in [1.82, 2.24) is 15.1 Å². The molecule has 1 fully saturated rings. The minimum atomic E-state index is -0.516. The molecule has 1 atom stereocenters. The van der Waals surface area contributed by atoms with E-state index in [2.05, 4.69) is 22.5 Å². The molecule has 0 bridgehead atoms. The lowest BCUT2D eigenvalue weighted by Gasteiger charge is -2.37. The third-order valence-electron chi connectivity index (χ3n) is 5.45. The van der Waals surface area contributed by atoms with Gasteiger partial charge in [0.1, 0.15) is 0 Å². The number of aryl methyl sites for hydroxylation is 2. The van der Waals surface area contributed by atoms with Crippen molar-refractivity contribution in [2.75, 3.05) is 13.2 Å². The summed E-state index contributed by atoms with van der Waals surface area (Å²) in [6.07, 6.45) is 1.42. The predicted molar refractivity (Wildman–Crippen MR) is 97.4 cm³/mol. The molecule has 134 valence electrons. The molecule has 3 rings (SSSR count). The summed E-state index contributed by atoms with van der Waals surface area (Å²) >= 11 is 0. The molecule has 1 amide bonds. The fraction of sp³-hybridized carbons (Fsp3) is 0.500. The Kier molecular flexibility index (Phi) is 4.95. The van der Waals surface area contributed by atoms with Crippen molar-refractivity contribution in [3.8, 4) is 0 Å². The summed E-state index contributed by atoms with van der Waals surface area (Å²) in [6.45, 7) is 7.29. The first-order valence-corrected chi connectivity index (χ1v) is 8.90. The molecule has 2 heterocycles. The maximum Gasteiger partial charge on any atom is 0.231 e. The number of ether oxygens (including phenoxy) is 1. The van der Waals surface area contributed by atoms with Gasteiger partial charge in [-0.1, -0.05) is 30.3 Å². The van der Waals surface area contributed by atoms with E-state index in [9.17, 15) is 4.79 Å². The zero-order valence-corrected chi connectivity index (χ0v) is 15.5. The van der Waals surface area contributed by atoms with Crippen molar-refractivity contribution in [1.29, 1.82) is 0 Å². The normalized spacial score (nSPS) is 17.9. The Balaban J connectivity index is 1.88. The number of aromatic nitrogens is 2. The van der Waals surface area contributed by atoms with Crippen LogP contribution in [0, 0.1) is 13.8 Å². The zero-order valence-electron chi connectivity index (χ0n) is 15.5. The molecule has 1 aliphatic heterocycles. The van der Waals surface area contributed by atoms with E-state index in [0.29, 0.717) is 26.1 Å². The highest BCUT2D eigenvalue weighted by Crippen LogP contribution is 2.36. The molecular weight excluding hydrogens is 314 g/mol. The summed E-state index contributed by atoms with van der Waals surface area (Å²) in [6, 6.07) is 10.0. The maximum absolute atomic E-state index is 13.3. The van der Waals surface area contributed by atoms with Crippen molar-refractivity contribution in [3.63, 3.8) is 0 Å². The fourth-order valence-electron chi connectivity index (χ4n) is 3.95. The number of carbonyl (C=O) groups excluding carboxylic acids is 1. The topological polar surface area (TPSA) is 56.2 Å². The van der Waals surface area contributed by atoms with Gasteiger partial charge in [-0.15, -0.1) is 0 Å². The van der Waals surface area contributed by atoms with E-state index in [1.54, 1.807) is 0 Å². The van der Waals surface area contributed by atoms with Crippen LogP contribution in [0.4, 0.5) is 0 Å². The zero-order chi connectivity index (χ0) is 18.0. The molecule has 5 nitrogen and oxygen atoms in total. The van der Waals surface area contributed by atoms with Crippen LogP contribution in [0.1, 0.15) is 48.3 Å². The lowest BCUT2D eigenvalue weighted by atomic mass is 9.73. The van der Waals surface area contributed by atoms with Gasteiger partial charge in [-0.2, -0.15) is 5.10 Å². The van der Waals surface area contributed by atoms with E-state index in [-0.39, 0.29) is 11.9 Å². The quantitative estimate of drug-likeness (QED) is 0.930. The van der Waals surface area contributed by atoms with Gasteiger partial charge in [0.05, 0.1) is 17.2 Å². The highest BCUT2D eigenvalue weighted by atomic mass is 16.5. The molecule has 25 heavy (non-hydrogen) atoms. The molecule has 1 aromatic carbocycles. The third kappa shape index (κ3) is 3.21. The lowest BCUT2D eigenvalue weighted by Crippen LogP contribution is -2.48. The first kappa shape index (κ1) is 17.7. The summed E-state index contributed by atoms with van der Waals surface area (Å²) in [4.78, 5) is 13.3. The number of nitrogens with zero attached hydrogens (tertiary/aromatic N) is 2. The Morgan fingerprint density at radius 2 is 1.88 bits per heavy atom. The fourth-order valence-corrected chi connectivity index (χ4v) is 3.95. The minimum absolute atomic E-state index is 0.0790. The van der Waals surface area contributed by atoms with Crippen LogP contribution in [0.15, 0.2) is 30.3 Å². The van der Waals surface area contributed by atoms with Crippen LogP contribution in [0.2, 0.25) is 0 Å². The van der Waals surface area contributed by atoms with E-state index >= 15 is 0 Å². The van der Waals surface area contributed by atoms with Gasteiger partial charge in [-0.3, -0.25) is 9.48 Å². The third-order valence-corrected chi connectivity index (χ3v) is 5.45. The van der Waals surface area contributed by atoms with E-state index in [1.807, 2.05) is 50.7 Å². The Bertz CT molecular complexity index is 746. The number of benzene rings is 1. The second-order valence-corrected chi connectivity index (χ2v) is 6.96. The molecule has 0 aliphatic carbocycles.